The molecule has 1 aromatic rings. The van der Waals surface area contributed by atoms with Gasteiger partial charge < -0.3 is 5.32 Å². The Morgan fingerprint density at radius 3 is 2.57 bits per heavy atom. The minimum absolute atomic E-state index is 0.167. The van der Waals surface area contributed by atoms with Crippen molar-refractivity contribution >= 4 is 11.6 Å². The highest BCUT2D eigenvalue weighted by Gasteiger charge is 2.23. The van der Waals surface area contributed by atoms with Gasteiger partial charge >= 0.3 is 0 Å². The highest BCUT2D eigenvalue weighted by atomic mass is 35.5. The maximum absolute atomic E-state index is 14.1. The second-order valence-corrected chi connectivity index (χ2v) is 6.69. The number of halogens is 2. The van der Waals surface area contributed by atoms with Crippen LogP contribution in [0.4, 0.5) is 4.39 Å². The standard InChI is InChI=1S/C18H27ClFN/c1-2-11-21-18(14-7-5-3-4-6-8-14)12-15-9-10-16(19)13-17(15)20/h9-10,13-14,18,21H,2-8,11-12H2,1H3. The summed E-state index contributed by atoms with van der Waals surface area (Å²) in [5.41, 5.74) is 0.789. The van der Waals surface area contributed by atoms with Crippen molar-refractivity contribution in [3.8, 4) is 0 Å². The fourth-order valence-electron chi connectivity index (χ4n) is 3.37. The fraction of sp³-hybridized carbons (Fsp3) is 0.667. The lowest BCUT2D eigenvalue weighted by Crippen LogP contribution is -2.38. The smallest absolute Gasteiger partial charge is 0.127 e. The van der Waals surface area contributed by atoms with Crippen LogP contribution in [0.5, 0.6) is 0 Å². The van der Waals surface area contributed by atoms with Crippen molar-refractivity contribution in [2.45, 2.75) is 64.3 Å². The topological polar surface area (TPSA) is 12.0 Å². The van der Waals surface area contributed by atoms with Crippen molar-refractivity contribution in [1.82, 2.24) is 5.32 Å². The molecule has 1 fully saturated rings. The van der Waals surface area contributed by atoms with Gasteiger partial charge in [0.15, 0.2) is 0 Å². The van der Waals surface area contributed by atoms with E-state index in [1.54, 1.807) is 6.07 Å². The molecule has 118 valence electrons. The Kier molecular flexibility index (Phi) is 6.98. The lowest BCUT2D eigenvalue weighted by atomic mass is 9.87. The molecule has 1 nitrogen and oxygen atoms in total. The van der Waals surface area contributed by atoms with Gasteiger partial charge in [-0.15, -0.1) is 0 Å². The van der Waals surface area contributed by atoms with Crippen molar-refractivity contribution in [1.29, 1.82) is 0 Å². The third-order valence-corrected chi connectivity index (χ3v) is 4.82. The molecule has 1 aliphatic rings. The lowest BCUT2D eigenvalue weighted by Gasteiger charge is -2.27. The molecule has 0 bridgehead atoms. The van der Waals surface area contributed by atoms with Gasteiger partial charge in [-0.05, 0) is 55.8 Å². The molecule has 1 saturated carbocycles. The second-order valence-electron chi connectivity index (χ2n) is 6.25. The van der Waals surface area contributed by atoms with E-state index in [1.165, 1.54) is 44.6 Å². The zero-order chi connectivity index (χ0) is 15.1. The van der Waals surface area contributed by atoms with Crippen molar-refractivity contribution < 1.29 is 4.39 Å². The number of benzene rings is 1. The molecule has 1 unspecified atom stereocenters. The third-order valence-electron chi connectivity index (χ3n) is 4.58. The van der Waals surface area contributed by atoms with Crippen LogP contribution in [0, 0.1) is 11.7 Å². The average molecular weight is 312 g/mol. The molecule has 1 aromatic carbocycles. The molecular weight excluding hydrogens is 285 g/mol. The summed E-state index contributed by atoms with van der Waals surface area (Å²) in [5, 5.41) is 4.13. The normalized spacial score (nSPS) is 18.4. The first-order valence-corrected chi connectivity index (χ1v) is 8.75. The number of hydrogen-bond donors (Lipinski definition) is 1. The summed E-state index contributed by atoms with van der Waals surface area (Å²) in [6.45, 7) is 3.19. The van der Waals surface area contributed by atoms with E-state index in [1.807, 2.05) is 6.07 Å². The first-order chi connectivity index (χ1) is 10.2. The molecule has 0 aliphatic heterocycles. The van der Waals surface area contributed by atoms with Crippen molar-refractivity contribution in [2.75, 3.05) is 6.54 Å². The Hall–Kier alpha value is -0.600. The molecule has 1 atom stereocenters. The van der Waals surface area contributed by atoms with Crippen LogP contribution < -0.4 is 5.32 Å². The van der Waals surface area contributed by atoms with Crippen LogP contribution in [0.15, 0.2) is 18.2 Å². The van der Waals surface area contributed by atoms with Crippen molar-refractivity contribution in [2.24, 2.45) is 5.92 Å². The van der Waals surface area contributed by atoms with Gasteiger partial charge in [0.2, 0.25) is 0 Å². The van der Waals surface area contributed by atoms with E-state index in [4.69, 9.17) is 11.6 Å². The van der Waals surface area contributed by atoms with Crippen molar-refractivity contribution in [3.05, 3.63) is 34.6 Å². The SMILES string of the molecule is CCCNC(Cc1ccc(Cl)cc1F)C1CCCCCC1. The van der Waals surface area contributed by atoms with E-state index in [2.05, 4.69) is 12.2 Å². The number of nitrogens with one attached hydrogen (secondary N) is 1. The largest absolute Gasteiger partial charge is 0.313 e. The molecule has 2 rings (SSSR count). The number of hydrogen-bond acceptors (Lipinski definition) is 1. The van der Waals surface area contributed by atoms with Gasteiger partial charge in [0.05, 0.1) is 0 Å². The maximum Gasteiger partial charge on any atom is 0.127 e. The predicted molar refractivity (Wildman–Crippen MR) is 88.4 cm³/mol. The summed E-state index contributed by atoms with van der Waals surface area (Å²) in [7, 11) is 0. The van der Waals surface area contributed by atoms with Gasteiger partial charge in [0, 0.05) is 11.1 Å². The molecule has 0 spiro atoms. The van der Waals surface area contributed by atoms with Crippen LogP contribution in [0.25, 0.3) is 0 Å². The van der Waals surface area contributed by atoms with Gasteiger partial charge in [0.1, 0.15) is 5.82 Å². The van der Waals surface area contributed by atoms with E-state index in [9.17, 15) is 4.39 Å². The molecular formula is C18H27ClFN. The van der Waals surface area contributed by atoms with Gasteiger partial charge in [-0.2, -0.15) is 0 Å². The Morgan fingerprint density at radius 1 is 1.24 bits per heavy atom. The minimum atomic E-state index is -0.167. The summed E-state index contributed by atoms with van der Waals surface area (Å²) in [5.74, 6) is 0.508. The zero-order valence-electron chi connectivity index (χ0n) is 13.0. The Bertz CT molecular complexity index is 427. The van der Waals surface area contributed by atoms with E-state index in [0.29, 0.717) is 17.0 Å². The summed E-state index contributed by atoms with van der Waals surface area (Å²) < 4.78 is 14.1. The summed E-state index contributed by atoms with van der Waals surface area (Å²) in [6, 6.07) is 5.46. The van der Waals surface area contributed by atoms with Gasteiger partial charge in [-0.3, -0.25) is 0 Å². The monoisotopic (exact) mass is 311 g/mol. The molecule has 3 heteroatoms. The number of rotatable bonds is 6. The third kappa shape index (κ3) is 5.27. The molecule has 1 aliphatic carbocycles. The molecule has 0 amide bonds. The second kappa shape index (κ2) is 8.75. The molecule has 0 heterocycles. The van der Waals surface area contributed by atoms with Crippen molar-refractivity contribution in [3.63, 3.8) is 0 Å². The van der Waals surface area contributed by atoms with Crippen LogP contribution in [-0.2, 0) is 6.42 Å². The summed E-state index contributed by atoms with van der Waals surface area (Å²) in [6.07, 6.45) is 9.78. The average Bonchev–Trinajstić information content (AvgIpc) is 2.74. The maximum atomic E-state index is 14.1. The van der Waals surface area contributed by atoms with Gasteiger partial charge in [0.25, 0.3) is 0 Å². The Labute approximate surface area is 133 Å². The van der Waals surface area contributed by atoms with Crippen LogP contribution in [0.2, 0.25) is 5.02 Å². The van der Waals surface area contributed by atoms with Gasteiger partial charge in [-0.25, -0.2) is 4.39 Å². The highest BCUT2D eigenvalue weighted by Crippen LogP contribution is 2.28. The predicted octanol–water partition coefficient (Wildman–Crippen LogP) is 5.36. The van der Waals surface area contributed by atoms with Crippen LogP contribution in [0.1, 0.15) is 57.4 Å². The van der Waals surface area contributed by atoms with E-state index in [-0.39, 0.29) is 5.82 Å². The van der Waals surface area contributed by atoms with Crippen LogP contribution in [-0.4, -0.2) is 12.6 Å². The van der Waals surface area contributed by atoms with Gasteiger partial charge in [-0.1, -0.05) is 50.3 Å². The van der Waals surface area contributed by atoms with Crippen LogP contribution >= 0.6 is 11.6 Å². The summed E-state index contributed by atoms with van der Waals surface area (Å²) in [4.78, 5) is 0. The summed E-state index contributed by atoms with van der Waals surface area (Å²) >= 11 is 5.85. The molecule has 0 saturated heterocycles. The molecule has 0 radical (unpaired) electrons. The molecule has 1 N–H and O–H groups in total. The first-order valence-electron chi connectivity index (χ1n) is 8.38. The van der Waals surface area contributed by atoms with E-state index >= 15 is 0 Å². The van der Waals surface area contributed by atoms with E-state index in [0.717, 1.165) is 24.9 Å². The lowest BCUT2D eigenvalue weighted by molar-refractivity contribution is 0.315. The zero-order valence-corrected chi connectivity index (χ0v) is 13.8. The molecule has 21 heavy (non-hydrogen) atoms. The fourth-order valence-corrected chi connectivity index (χ4v) is 3.53. The van der Waals surface area contributed by atoms with Crippen LogP contribution in [0.3, 0.4) is 0 Å². The van der Waals surface area contributed by atoms with E-state index < -0.39 is 0 Å². The quantitative estimate of drug-likeness (QED) is 0.697. The molecule has 0 aromatic heterocycles. The highest BCUT2D eigenvalue weighted by molar-refractivity contribution is 6.30. The minimum Gasteiger partial charge on any atom is -0.313 e. The Balaban J connectivity index is 2.07. The Morgan fingerprint density at radius 2 is 1.95 bits per heavy atom. The first kappa shape index (κ1) is 16.8.